The molecule has 0 bridgehead atoms. The Bertz CT molecular complexity index is 952. The van der Waals surface area contributed by atoms with Crippen LogP contribution in [0.15, 0.2) is 72.0 Å². The quantitative estimate of drug-likeness (QED) is 0.622. The normalized spacial score (nSPS) is 22.6. The third-order valence-electron chi connectivity index (χ3n) is 5.09. The molecule has 0 radical (unpaired) electrons. The fourth-order valence-electron chi connectivity index (χ4n) is 3.52. The van der Waals surface area contributed by atoms with E-state index in [2.05, 4.69) is 5.32 Å². The molecular formula is C23H23NO5. The van der Waals surface area contributed by atoms with Gasteiger partial charge >= 0.3 is 11.9 Å². The lowest BCUT2D eigenvalue weighted by atomic mass is 9.78. The highest BCUT2D eigenvalue weighted by molar-refractivity contribution is 6.00. The van der Waals surface area contributed by atoms with Gasteiger partial charge in [0.25, 0.3) is 5.91 Å². The molecule has 1 aliphatic heterocycles. The summed E-state index contributed by atoms with van der Waals surface area (Å²) in [5.41, 5.74) is -0.257. The van der Waals surface area contributed by atoms with Crippen LogP contribution < -0.4 is 5.32 Å². The van der Waals surface area contributed by atoms with Crippen LogP contribution in [0.25, 0.3) is 0 Å². The van der Waals surface area contributed by atoms with Gasteiger partial charge in [0.15, 0.2) is 5.54 Å². The highest BCUT2D eigenvalue weighted by Gasteiger charge is 2.56. The third-order valence-corrected chi connectivity index (χ3v) is 5.09. The zero-order chi connectivity index (χ0) is 21.0. The van der Waals surface area contributed by atoms with E-state index in [4.69, 9.17) is 9.47 Å². The van der Waals surface area contributed by atoms with Crippen LogP contribution in [0.2, 0.25) is 0 Å². The monoisotopic (exact) mass is 393 g/mol. The molecule has 1 amide bonds. The summed E-state index contributed by atoms with van der Waals surface area (Å²) in [5.74, 6) is -2.02. The van der Waals surface area contributed by atoms with Crippen molar-refractivity contribution in [3.63, 3.8) is 0 Å². The summed E-state index contributed by atoms with van der Waals surface area (Å²) in [7, 11) is 0. The Morgan fingerprint density at radius 2 is 1.66 bits per heavy atom. The molecule has 150 valence electrons. The Hall–Kier alpha value is -3.41. The lowest BCUT2D eigenvalue weighted by Gasteiger charge is -2.30. The highest BCUT2D eigenvalue weighted by Crippen LogP contribution is 2.44. The molecule has 2 aromatic carbocycles. The molecule has 29 heavy (non-hydrogen) atoms. The summed E-state index contributed by atoms with van der Waals surface area (Å²) in [5, 5.41) is 2.88. The Labute approximate surface area is 169 Å². The summed E-state index contributed by atoms with van der Waals surface area (Å²) in [6, 6.07) is 17.5. The minimum Gasteiger partial charge on any atom is -0.463 e. The molecule has 0 unspecified atom stereocenters. The van der Waals surface area contributed by atoms with Gasteiger partial charge in [-0.3, -0.25) is 4.79 Å². The van der Waals surface area contributed by atoms with E-state index in [1.54, 1.807) is 75.4 Å². The first-order valence-electron chi connectivity index (χ1n) is 9.45. The largest absolute Gasteiger partial charge is 0.463 e. The summed E-state index contributed by atoms with van der Waals surface area (Å²) in [6.45, 7) is 5.22. The Morgan fingerprint density at radius 1 is 1.07 bits per heavy atom. The average Bonchev–Trinajstić information content (AvgIpc) is 3.00. The number of benzene rings is 2. The van der Waals surface area contributed by atoms with E-state index < -0.39 is 29.3 Å². The number of cyclic esters (lactones) is 1. The van der Waals surface area contributed by atoms with Crippen molar-refractivity contribution in [3.05, 3.63) is 83.1 Å². The second kappa shape index (κ2) is 8.31. The van der Waals surface area contributed by atoms with Crippen molar-refractivity contribution in [1.29, 1.82) is 0 Å². The number of rotatable bonds is 5. The van der Waals surface area contributed by atoms with Crippen LogP contribution in [0.4, 0.5) is 0 Å². The van der Waals surface area contributed by atoms with Crippen molar-refractivity contribution in [3.8, 4) is 0 Å². The molecule has 1 saturated heterocycles. The van der Waals surface area contributed by atoms with Gasteiger partial charge in [0.05, 0.1) is 18.1 Å². The molecule has 1 fully saturated rings. The number of nitrogens with one attached hydrogen (secondary N) is 1. The minimum absolute atomic E-state index is 0.200. The fourth-order valence-corrected chi connectivity index (χ4v) is 3.52. The summed E-state index contributed by atoms with van der Waals surface area (Å²) < 4.78 is 10.6. The number of carbonyl (C=O) groups excluding carboxylic acids is 3. The average molecular weight is 393 g/mol. The maximum absolute atomic E-state index is 13.1. The van der Waals surface area contributed by atoms with E-state index in [-0.39, 0.29) is 17.9 Å². The van der Waals surface area contributed by atoms with Gasteiger partial charge in [0, 0.05) is 5.56 Å². The fraction of sp³-hybridized carbons (Fsp3) is 0.261. The molecule has 1 aliphatic rings. The molecule has 2 aromatic rings. The first kappa shape index (κ1) is 20.3. The van der Waals surface area contributed by atoms with E-state index >= 15 is 0 Å². The first-order valence-corrected chi connectivity index (χ1v) is 9.45. The van der Waals surface area contributed by atoms with Gasteiger partial charge in [-0.2, -0.15) is 0 Å². The number of hydrogen-bond donors (Lipinski definition) is 1. The third kappa shape index (κ3) is 3.66. The van der Waals surface area contributed by atoms with Crippen LogP contribution in [-0.4, -0.2) is 24.5 Å². The summed E-state index contributed by atoms with van der Waals surface area (Å²) >= 11 is 0. The van der Waals surface area contributed by atoms with Crippen LogP contribution >= 0.6 is 0 Å². The topological polar surface area (TPSA) is 81.7 Å². The number of esters is 2. The lowest BCUT2D eigenvalue weighted by Crippen LogP contribution is -2.53. The molecule has 1 N–H and O–H groups in total. The van der Waals surface area contributed by atoms with Crippen LogP contribution in [0.1, 0.15) is 36.7 Å². The minimum atomic E-state index is -1.46. The molecule has 0 spiro atoms. The molecule has 3 rings (SSSR count). The van der Waals surface area contributed by atoms with Crippen molar-refractivity contribution in [2.75, 3.05) is 6.61 Å². The van der Waals surface area contributed by atoms with Gasteiger partial charge in [-0.25, -0.2) is 9.59 Å². The molecule has 0 aliphatic carbocycles. The molecular weight excluding hydrogens is 370 g/mol. The highest BCUT2D eigenvalue weighted by atomic mass is 16.6. The van der Waals surface area contributed by atoms with Crippen LogP contribution in [0.3, 0.4) is 0 Å². The predicted molar refractivity (Wildman–Crippen MR) is 107 cm³/mol. The van der Waals surface area contributed by atoms with Crippen molar-refractivity contribution < 1.29 is 23.9 Å². The molecule has 6 heteroatoms. The Kier molecular flexibility index (Phi) is 5.82. The van der Waals surface area contributed by atoms with Crippen molar-refractivity contribution in [2.45, 2.75) is 26.3 Å². The number of hydrogen-bond acceptors (Lipinski definition) is 5. The van der Waals surface area contributed by atoms with Crippen molar-refractivity contribution in [2.24, 2.45) is 5.92 Å². The van der Waals surface area contributed by atoms with Crippen molar-refractivity contribution >= 4 is 17.8 Å². The zero-order valence-corrected chi connectivity index (χ0v) is 16.6. The zero-order valence-electron chi connectivity index (χ0n) is 16.6. The molecule has 6 nitrogen and oxygen atoms in total. The molecule has 0 saturated carbocycles. The van der Waals surface area contributed by atoms with Crippen molar-refractivity contribution in [1.82, 2.24) is 5.32 Å². The Morgan fingerprint density at radius 3 is 2.24 bits per heavy atom. The molecule has 0 aromatic heterocycles. The summed E-state index contributed by atoms with van der Waals surface area (Å²) in [6.07, 6.45) is 0. The van der Waals surface area contributed by atoms with Crippen LogP contribution in [-0.2, 0) is 24.6 Å². The predicted octanol–water partition coefficient (Wildman–Crippen LogP) is 3.34. The second-order valence-electron chi connectivity index (χ2n) is 6.82. The van der Waals surface area contributed by atoms with E-state index in [9.17, 15) is 14.4 Å². The van der Waals surface area contributed by atoms with Gasteiger partial charge < -0.3 is 14.8 Å². The Balaban J connectivity index is 2.09. The SMILES string of the molecule is CCOC(=O)/C(C)=C1/OC(=O)[C@@](NC(=O)c2ccccc2)(c2ccccc2)[C@@H]1C. The lowest BCUT2D eigenvalue weighted by molar-refractivity contribution is -0.142. The van der Waals surface area contributed by atoms with E-state index in [1.807, 2.05) is 6.07 Å². The number of ether oxygens (including phenoxy) is 2. The second-order valence-corrected chi connectivity index (χ2v) is 6.82. The summed E-state index contributed by atoms with van der Waals surface area (Å²) in [4.78, 5) is 38.3. The first-order chi connectivity index (χ1) is 13.9. The number of carbonyl (C=O) groups is 3. The standard InChI is InChI=1S/C23H23NO5/c1-4-28-21(26)15(2)19-16(3)23(22(27)29-19,18-13-9-6-10-14-18)24-20(25)17-11-7-5-8-12-17/h5-14,16H,4H2,1-3H3,(H,24,25)/b19-15+/t16-,23+/m1/s1. The van der Waals surface area contributed by atoms with Crippen LogP contribution in [0.5, 0.6) is 0 Å². The molecule has 1 heterocycles. The smallest absolute Gasteiger partial charge is 0.342 e. The van der Waals surface area contributed by atoms with Gasteiger partial charge in [0.2, 0.25) is 0 Å². The van der Waals surface area contributed by atoms with Crippen LogP contribution in [0, 0.1) is 5.92 Å². The van der Waals surface area contributed by atoms with Gasteiger partial charge in [-0.05, 0) is 31.5 Å². The molecule has 2 atom stereocenters. The van der Waals surface area contributed by atoms with Gasteiger partial charge in [0.1, 0.15) is 5.76 Å². The van der Waals surface area contributed by atoms with E-state index in [0.717, 1.165) is 0 Å². The number of amides is 1. The maximum Gasteiger partial charge on any atom is 0.342 e. The maximum atomic E-state index is 13.1. The van der Waals surface area contributed by atoms with Gasteiger partial charge in [-0.15, -0.1) is 0 Å². The van der Waals surface area contributed by atoms with Gasteiger partial charge in [-0.1, -0.05) is 55.5 Å². The van der Waals surface area contributed by atoms with E-state index in [1.165, 1.54) is 0 Å². The van der Waals surface area contributed by atoms with E-state index in [0.29, 0.717) is 11.1 Å².